The number of carbonyl (C=O) groups is 2. The summed E-state index contributed by atoms with van der Waals surface area (Å²) in [6, 6.07) is 10.1. The summed E-state index contributed by atoms with van der Waals surface area (Å²) in [5, 5.41) is 8.53. The molecule has 10 heteroatoms. The van der Waals surface area contributed by atoms with Crippen LogP contribution in [0.15, 0.2) is 46.6 Å². The van der Waals surface area contributed by atoms with Crippen molar-refractivity contribution < 1.29 is 19.1 Å². The van der Waals surface area contributed by atoms with Crippen LogP contribution in [-0.4, -0.2) is 40.4 Å². The zero-order valence-corrected chi connectivity index (χ0v) is 16.6. The number of methoxy groups -OCH3 is 1. The van der Waals surface area contributed by atoms with Crippen LogP contribution in [0.4, 0.5) is 5.13 Å². The number of hydrogen-bond donors (Lipinski definition) is 1. The molecule has 0 saturated heterocycles. The fourth-order valence-corrected chi connectivity index (χ4v) is 3.12. The van der Waals surface area contributed by atoms with Crippen molar-refractivity contribution in [2.24, 2.45) is 0 Å². The number of hydrogen-bond acceptors (Lipinski definition) is 8. The van der Waals surface area contributed by atoms with E-state index in [0.29, 0.717) is 11.4 Å². The monoisotopic (exact) mass is 414 g/mol. The van der Waals surface area contributed by atoms with Crippen LogP contribution in [0.2, 0.25) is 0 Å². The topological polar surface area (TPSA) is 112 Å². The minimum atomic E-state index is -0.562. The zero-order chi connectivity index (χ0) is 20.8. The molecule has 1 N–H and O–H groups in total. The highest BCUT2D eigenvalue weighted by molar-refractivity contribution is 7.14. The normalized spacial score (nSPS) is 10.4. The molecule has 2 aromatic heterocycles. The Hall–Kier alpha value is -3.53. The Kier molecular flexibility index (Phi) is 6.35. The van der Waals surface area contributed by atoms with Crippen LogP contribution in [0.1, 0.15) is 17.4 Å². The standard InChI is InChI=1S/C19H18N4O5S/c1-3-28-18(26)15-11-29-19(20-15)21-16(24)10-23-17(25)8-7-14(22-23)12-5-4-6-13(9-12)27-2/h4-9,11H,3,10H2,1-2H3,(H,20,21,24). The number of thiazole rings is 1. The molecule has 3 aromatic rings. The maximum absolute atomic E-state index is 12.3. The van der Waals surface area contributed by atoms with Crippen LogP contribution < -0.4 is 15.6 Å². The molecule has 1 aromatic carbocycles. The number of nitrogens with one attached hydrogen (secondary N) is 1. The molecular formula is C19H18N4O5S. The molecule has 0 unspecified atom stereocenters. The van der Waals surface area contributed by atoms with Gasteiger partial charge in [0.1, 0.15) is 12.3 Å². The summed E-state index contributed by atoms with van der Waals surface area (Å²) in [6.45, 7) is 1.62. The Labute approximate surface area is 169 Å². The lowest BCUT2D eigenvalue weighted by Gasteiger charge is -2.08. The minimum absolute atomic E-state index is 0.113. The highest BCUT2D eigenvalue weighted by atomic mass is 32.1. The van der Waals surface area contributed by atoms with Gasteiger partial charge in [-0.25, -0.2) is 14.5 Å². The van der Waals surface area contributed by atoms with E-state index >= 15 is 0 Å². The summed E-state index contributed by atoms with van der Waals surface area (Å²) in [6.07, 6.45) is 0. The second kappa shape index (κ2) is 9.11. The van der Waals surface area contributed by atoms with Gasteiger partial charge in [-0.2, -0.15) is 5.10 Å². The van der Waals surface area contributed by atoms with Crippen molar-refractivity contribution in [3.8, 4) is 17.0 Å². The second-order valence-corrected chi connectivity index (χ2v) is 6.61. The molecule has 0 atom stereocenters. The smallest absolute Gasteiger partial charge is 0.357 e. The average molecular weight is 414 g/mol. The number of ether oxygens (including phenoxy) is 2. The first kappa shape index (κ1) is 20.2. The van der Waals surface area contributed by atoms with Gasteiger partial charge in [0.15, 0.2) is 10.8 Å². The molecule has 0 saturated carbocycles. The number of anilines is 1. The van der Waals surface area contributed by atoms with Crippen LogP contribution in [0, 0.1) is 0 Å². The lowest BCUT2D eigenvalue weighted by molar-refractivity contribution is -0.117. The maximum atomic E-state index is 12.3. The van der Waals surface area contributed by atoms with Crippen molar-refractivity contribution >= 4 is 28.3 Å². The SMILES string of the molecule is CCOC(=O)c1csc(NC(=O)Cn2nc(-c3cccc(OC)c3)ccc2=O)n1. The highest BCUT2D eigenvalue weighted by Gasteiger charge is 2.14. The second-order valence-electron chi connectivity index (χ2n) is 5.75. The van der Waals surface area contributed by atoms with Crippen LogP contribution in [0.5, 0.6) is 5.75 Å². The molecule has 3 rings (SSSR count). The number of benzene rings is 1. The number of rotatable bonds is 7. The third-order valence-corrected chi connectivity index (χ3v) is 4.52. The number of nitrogens with zero attached hydrogens (tertiary/aromatic N) is 3. The molecule has 0 bridgehead atoms. The summed E-state index contributed by atoms with van der Waals surface area (Å²) < 4.78 is 11.1. The van der Waals surface area contributed by atoms with Gasteiger partial charge >= 0.3 is 5.97 Å². The third-order valence-electron chi connectivity index (χ3n) is 3.76. The van der Waals surface area contributed by atoms with E-state index in [9.17, 15) is 14.4 Å². The number of esters is 1. The Morgan fingerprint density at radius 2 is 2.07 bits per heavy atom. The van der Waals surface area contributed by atoms with E-state index in [1.54, 1.807) is 32.2 Å². The molecule has 29 heavy (non-hydrogen) atoms. The molecule has 0 fully saturated rings. The highest BCUT2D eigenvalue weighted by Crippen LogP contribution is 2.21. The summed E-state index contributed by atoms with van der Waals surface area (Å²) in [4.78, 5) is 40.1. The van der Waals surface area contributed by atoms with Crippen molar-refractivity contribution in [1.82, 2.24) is 14.8 Å². The first-order chi connectivity index (χ1) is 14.0. The quantitative estimate of drug-likeness (QED) is 0.590. The Morgan fingerprint density at radius 3 is 2.83 bits per heavy atom. The summed E-state index contributed by atoms with van der Waals surface area (Å²) in [5.74, 6) is -0.402. The molecule has 0 spiro atoms. The number of aromatic nitrogens is 3. The van der Waals surface area contributed by atoms with Crippen molar-refractivity contribution in [2.75, 3.05) is 19.0 Å². The van der Waals surface area contributed by atoms with Gasteiger partial charge in [-0.05, 0) is 25.1 Å². The van der Waals surface area contributed by atoms with E-state index in [4.69, 9.17) is 9.47 Å². The van der Waals surface area contributed by atoms with Gasteiger partial charge in [-0.3, -0.25) is 9.59 Å². The fourth-order valence-electron chi connectivity index (χ4n) is 2.42. The van der Waals surface area contributed by atoms with E-state index in [2.05, 4.69) is 15.4 Å². The van der Waals surface area contributed by atoms with Crippen LogP contribution >= 0.6 is 11.3 Å². The maximum Gasteiger partial charge on any atom is 0.357 e. The summed E-state index contributed by atoms with van der Waals surface area (Å²) in [7, 11) is 1.56. The molecule has 150 valence electrons. The van der Waals surface area contributed by atoms with E-state index in [1.807, 2.05) is 12.1 Å². The molecule has 2 heterocycles. The molecule has 0 aliphatic rings. The average Bonchev–Trinajstić information content (AvgIpc) is 3.18. The first-order valence-corrected chi connectivity index (χ1v) is 9.53. The number of carbonyl (C=O) groups excluding carboxylic acids is 2. The minimum Gasteiger partial charge on any atom is -0.497 e. The van der Waals surface area contributed by atoms with Gasteiger partial charge in [0.25, 0.3) is 5.56 Å². The lowest BCUT2D eigenvalue weighted by Crippen LogP contribution is -2.29. The van der Waals surface area contributed by atoms with E-state index < -0.39 is 17.4 Å². The molecule has 9 nitrogen and oxygen atoms in total. The van der Waals surface area contributed by atoms with Crippen molar-refractivity contribution in [3.63, 3.8) is 0 Å². The summed E-state index contributed by atoms with van der Waals surface area (Å²) >= 11 is 1.09. The van der Waals surface area contributed by atoms with E-state index in [0.717, 1.165) is 21.6 Å². The van der Waals surface area contributed by atoms with Gasteiger partial charge in [0, 0.05) is 17.0 Å². The lowest BCUT2D eigenvalue weighted by atomic mass is 10.1. The predicted molar refractivity (Wildman–Crippen MR) is 107 cm³/mol. The van der Waals surface area contributed by atoms with Crippen molar-refractivity contribution in [1.29, 1.82) is 0 Å². The van der Waals surface area contributed by atoms with Gasteiger partial charge < -0.3 is 14.8 Å². The molecule has 1 amide bonds. The largest absolute Gasteiger partial charge is 0.497 e. The Bertz CT molecular complexity index is 1090. The molecule has 0 aliphatic heterocycles. The van der Waals surface area contributed by atoms with Gasteiger partial charge in [-0.15, -0.1) is 11.3 Å². The fraction of sp³-hybridized carbons (Fsp3) is 0.211. The van der Waals surface area contributed by atoms with Crippen LogP contribution in [0.25, 0.3) is 11.3 Å². The van der Waals surface area contributed by atoms with Gasteiger partial charge in [0.05, 0.1) is 19.4 Å². The number of amides is 1. The molecule has 0 aliphatic carbocycles. The van der Waals surface area contributed by atoms with Crippen LogP contribution in [-0.2, 0) is 16.1 Å². The van der Waals surface area contributed by atoms with Gasteiger partial charge in [0.2, 0.25) is 5.91 Å². The Morgan fingerprint density at radius 1 is 1.24 bits per heavy atom. The van der Waals surface area contributed by atoms with Crippen molar-refractivity contribution in [3.05, 3.63) is 57.8 Å². The molecular weight excluding hydrogens is 396 g/mol. The van der Waals surface area contributed by atoms with Crippen LogP contribution in [0.3, 0.4) is 0 Å². The third kappa shape index (κ3) is 5.05. The molecule has 0 radical (unpaired) electrons. The summed E-state index contributed by atoms with van der Waals surface area (Å²) in [5.41, 5.74) is 0.966. The zero-order valence-electron chi connectivity index (χ0n) is 15.7. The van der Waals surface area contributed by atoms with E-state index in [1.165, 1.54) is 11.4 Å². The predicted octanol–water partition coefficient (Wildman–Crippen LogP) is 2.19. The van der Waals surface area contributed by atoms with Gasteiger partial charge in [-0.1, -0.05) is 12.1 Å². The van der Waals surface area contributed by atoms with E-state index in [-0.39, 0.29) is 24.0 Å². The first-order valence-electron chi connectivity index (χ1n) is 8.65. The Balaban J connectivity index is 1.73. The van der Waals surface area contributed by atoms with Crippen molar-refractivity contribution in [2.45, 2.75) is 13.5 Å².